The lowest BCUT2D eigenvalue weighted by Gasteiger charge is -2.32. The second-order valence-electron chi connectivity index (χ2n) is 22.9. The number of nitrogens with two attached hydrogens (primary N) is 3. The number of carbonyl (C=O) groups is 5. The first-order valence-electron chi connectivity index (χ1n) is 27.7. The van der Waals surface area contributed by atoms with Crippen molar-refractivity contribution in [1.29, 1.82) is 0 Å². The van der Waals surface area contributed by atoms with Gasteiger partial charge in [-0.1, -0.05) is 18.2 Å². The average molecular weight is 1350 g/mol. The summed E-state index contributed by atoms with van der Waals surface area (Å²) in [5.41, 5.74) is 19.7. The predicted molar refractivity (Wildman–Crippen MR) is 337 cm³/mol. The second-order valence-corrected chi connectivity index (χ2v) is 23.7. The van der Waals surface area contributed by atoms with Crippen LogP contribution in [0.4, 0.5) is 40.2 Å². The molecule has 32 heteroatoms. The van der Waals surface area contributed by atoms with Crippen LogP contribution in [-0.2, 0) is 33.0 Å². The monoisotopic (exact) mass is 1350 g/mol. The molecule has 1 aliphatic rings. The van der Waals surface area contributed by atoms with Crippen LogP contribution in [0.25, 0.3) is 56.3 Å². The number of hydrogen-bond donors (Lipinski definition) is 4. The largest absolute Gasteiger partial charge is 0.498 e. The van der Waals surface area contributed by atoms with Crippen LogP contribution in [0.3, 0.4) is 0 Å². The number of esters is 3. The number of H-pyrrole nitrogens is 1. The molecule has 0 amide bonds. The third-order valence-electron chi connectivity index (χ3n) is 13.3. The summed E-state index contributed by atoms with van der Waals surface area (Å²) in [5.74, 6) is -4.07. The number of benzene rings is 3. The Morgan fingerprint density at radius 3 is 1.31 bits per heavy atom. The number of nitrogens with zero attached hydrogens (tertiary/aromatic N) is 11. The molecule has 9 aromatic rings. The number of carbonyl (C=O) groups excluding carboxylic acids is 5. The Bertz CT molecular complexity index is 4220. The number of ether oxygens (including phenoxy) is 5. The smallest absolute Gasteiger partial charge is 0.465 e. The van der Waals surface area contributed by atoms with E-state index in [1.165, 1.54) is 101 Å². The number of anilines is 3. The van der Waals surface area contributed by atoms with E-state index in [1.54, 1.807) is 45.6 Å². The van der Waals surface area contributed by atoms with Gasteiger partial charge in [-0.3, -0.25) is 5.10 Å². The van der Waals surface area contributed by atoms with Crippen LogP contribution in [0, 0.1) is 17.5 Å². The van der Waals surface area contributed by atoms with Crippen molar-refractivity contribution in [2.75, 3.05) is 38.5 Å². The normalized spacial score (nSPS) is 13.0. The van der Waals surface area contributed by atoms with E-state index in [0.29, 0.717) is 55.1 Å². The highest BCUT2D eigenvalue weighted by Crippen LogP contribution is 2.37. The highest BCUT2D eigenvalue weighted by atomic mass is 79.9. The summed E-state index contributed by atoms with van der Waals surface area (Å²) in [4.78, 5) is 83.4. The fourth-order valence-corrected chi connectivity index (χ4v) is 8.28. The number of nitrogen functional groups attached to an aromatic ring is 3. The van der Waals surface area contributed by atoms with Crippen LogP contribution in [0.15, 0.2) is 115 Å². The molecule has 10 rings (SSSR count). The van der Waals surface area contributed by atoms with Gasteiger partial charge in [0.2, 0.25) is 0 Å². The lowest BCUT2D eigenvalue weighted by Crippen LogP contribution is -2.41. The van der Waals surface area contributed by atoms with Crippen molar-refractivity contribution in [2.45, 2.75) is 91.6 Å². The molecule has 486 valence electrons. The Morgan fingerprint density at radius 1 is 0.538 bits per heavy atom. The van der Waals surface area contributed by atoms with E-state index in [1.807, 2.05) is 48.5 Å². The first-order valence-corrected chi connectivity index (χ1v) is 28.5. The lowest BCUT2D eigenvalue weighted by atomic mass is 9.82. The van der Waals surface area contributed by atoms with E-state index in [0.717, 1.165) is 21.0 Å². The third kappa shape index (κ3) is 17.5. The van der Waals surface area contributed by atoms with E-state index in [4.69, 9.17) is 36.0 Å². The van der Waals surface area contributed by atoms with E-state index in [9.17, 15) is 37.1 Å². The third-order valence-corrected chi connectivity index (χ3v) is 13.7. The molecule has 0 saturated carbocycles. The van der Waals surface area contributed by atoms with Gasteiger partial charge in [0.05, 0.1) is 91.6 Å². The van der Waals surface area contributed by atoms with Crippen molar-refractivity contribution in [3.63, 3.8) is 0 Å². The number of aromatic amines is 1. The molecule has 0 bridgehead atoms. The maximum absolute atomic E-state index is 14.3. The molecule has 7 heterocycles. The van der Waals surface area contributed by atoms with E-state index >= 15 is 0 Å². The van der Waals surface area contributed by atoms with Crippen molar-refractivity contribution in [2.24, 2.45) is 0 Å². The van der Waals surface area contributed by atoms with Crippen molar-refractivity contribution >= 4 is 76.1 Å². The minimum absolute atomic E-state index is 0.0727. The van der Waals surface area contributed by atoms with Crippen molar-refractivity contribution in [3.8, 4) is 56.3 Å². The van der Waals surface area contributed by atoms with E-state index < -0.39 is 77.1 Å². The molecule has 7 N–H and O–H groups in total. The zero-order valence-corrected chi connectivity index (χ0v) is 54.1. The summed E-state index contributed by atoms with van der Waals surface area (Å²) in [6.45, 7) is 18.6. The van der Waals surface area contributed by atoms with Crippen LogP contribution < -0.4 is 22.7 Å². The van der Waals surface area contributed by atoms with Gasteiger partial charge in [0.15, 0.2) is 0 Å². The molecule has 0 unspecified atom stereocenters. The van der Waals surface area contributed by atoms with Gasteiger partial charge >= 0.3 is 37.2 Å². The highest BCUT2D eigenvalue weighted by molar-refractivity contribution is 9.10. The van der Waals surface area contributed by atoms with Crippen LogP contribution in [0.1, 0.15) is 100 Å². The molecule has 6 aromatic heterocycles. The van der Waals surface area contributed by atoms with Crippen LogP contribution in [-0.4, -0.2) is 141 Å². The van der Waals surface area contributed by atoms with Gasteiger partial charge in [0, 0.05) is 58.1 Å². The number of hydrogen-bond acceptors (Lipinski definition) is 24. The molecule has 27 nitrogen and oxygen atoms in total. The number of methoxy groups -OCH3 is 3. The van der Waals surface area contributed by atoms with Gasteiger partial charge in [-0.15, -0.1) is 0 Å². The SMILES string of the molecule is CC(C)(C)OC(=O)n1cc(B2OC(C)(C)C(C)(C)O2)cn1.COC(=O)c1ccc(-c2nc(-c3cn[nH]c3)cnc2N)cc1F.COC(=O)c1ccc(-c2nc(-c3cnn(C(=O)OC(C)(C)C)c3)cnc2N)cc1F.COC(=O)c1ccc(-c2nc(Br)cnc2N)cc1F. The van der Waals surface area contributed by atoms with Gasteiger partial charge in [-0.2, -0.15) is 24.7 Å². The summed E-state index contributed by atoms with van der Waals surface area (Å²) < 4.78 is 80.7. The topological polar surface area (TPSA) is 370 Å². The average Bonchev–Trinajstić information content (AvgIpc) is 1.70. The zero-order chi connectivity index (χ0) is 68.5. The molecular weight excluding hydrogens is 1280 g/mol. The first-order chi connectivity index (χ1) is 43.6. The Hall–Kier alpha value is -10.5. The van der Waals surface area contributed by atoms with Crippen molar-refractivity contribution in [1.82, 2.24) is 59.7 Å². The van der Waals surface area contributed by atoms with Crippen LogP contribution >= 0.6 is 15.9 Å². The lowest BCUT2D eigenvalue weighted by molar-refractivity contribution is 0.00578. The molecule has 0 aliphatic carbocycles. The predicted octanol–water partition coefficient (Wildman–Crippen LogP) is 9.72. The minimum Gasteiger partial charge on any atom is -0.465 e. The van der Waals surface area contributed by atoms with Crippen molar-refractivity contribution < 1.29 is 70.1 Å². The van der Waals surface area contributed by atoms with Gasteiger partial charge in [0.1, 0.15) is 67.8 Å². The molecular formula is C61H64BBrF3N15O12. The highest BCUT2D eigenvalue weighted by Gasteiger charge is 2.52. The zero-order valence-electron chi connectivity index (χ0n) is 52.5. The standard InChI is InChI=1S/C20H20FN5O4.C15H12FN5O2.C14H23BN2O4.C12H9BrFN3O2/c1-20(2,3)30-19(28)26-10-12(8-24-26)15-9-23-17(22)16(25-15)11-5-6-13(14(21)7-11)18(27)29-4;1-23-15(22)10-3-2-8(4-11(10)16)13-14(17)18-7-12(21-13)9-5-19-20-6-9;1-12(2,3)19-11(18)17-9-10(8-16-17)15-20-13(4,5)14(6,7)21-15;1-19-12(18)7-3-2-6(4-8(7)14)10-11(15)16-5-9(13)17-10/h5-10H,1-4H3,(H2,22,23);2-7H,1H3,(H2,17,18)(H,19,20);8-9H,1-7H3;2-5H,1H3,(H2,15,16). The van der Waals surface area contributed by atoms with Crippen molar-refractivity contribution in [3.05, 3.63) is 149 Å². The Morgan fingerprint density at radius 2 is 0.925 bits per heavy atom. The summed E-state index contributed by atoms with van der Waals surface area (Å²) in [5, 5.41) is 14.5. The molecule has 0 radical (unpaired) electrons. The minimum atomic E-state index is -0.790. The fourth-order valence-electron chi connectivity index (χ4n) is 8.00. The molecule has 0 atom stereocenters. The summed E-state index contributed by atoms with van der Waals surface area (Å²) in [7, 11) is 3.01. The summed E-state index contributed by atoms with van der Waals surface area (Å²) in [6, 6.07) is 11.9. The number of aromatic nitrogens is 12. The molecule has 0 spiro atoms. The Balaban J connectivity index is 0.000000178. The summed E-state index contributed by atoms with van der Waals surface area (Å²) in [6.07, 6.45) is 12.4. The van der Waals surface area contributed by atoms with Crippen LogP contribution in [0.2, 0.25) is 0 Å². The summed E-state index contributed by atoms with van der Waals surface area (Å²) >= 11 is 3.16. The number of rotatable bonds is 9. The van der Waals surface area contributed by atoms with Crippen LogP contribution in [0.5, 0.6) is 0 Å². The second kappa shape index (κ2) is 28.8. The van der Waals surface area contributed by atoms with Gasteiger partial charge < -0.3 is 50.2 Å². The maximum Gasteiger partial charge on any atom is 0.498 e. The fraction of sp³-hybridized carbons (Fsp3) is 0.279. The van der Waals surface area contributed by atoms with E-state index in [2.05, 4.69) is 80.4 Å². The van der Waals surface area contributed by atoms with Gasteiger partial charge in [-0.25, -0.2) is 67.0 Å². The molecule has 3 aromatic carbocycles. The van der Waals surface area contributed by atoms with Gasteiger partial charge in [0.25, 0.3) is 0 Å². The first kappa shape index (κ1) is 70.0. The quantitative estimate of drug-likeness (QED) is 0.0593. The number of halogens is 4. The molecule has 93 heavy (non-hydrogen) atoms. The van der Waals surface area contributed by atoms with E-state index in [-0.39, 0.29) is 39.8 Å². The molecule has 1 aliphatic heterocycles. The Kier molecular flexibility index (Phi) is 21.7. The molecule has 1 fully saturated rings. The maximum atomic E-state index is 14.3. The van der Waals surface area contributed by atoms with Gasteiger partial charge in [-0.05, 0) is 122 Å². The molecule has 1 saturated heterocycles. The Labute approximate surface area is 539 Å². The number of nitrogens with one attached hydrogen (secondary N) is 1.